The second kappa shape index (κ2) is 4.65. The number of hydrogen-bond donors (Lipinski definition) is 0. The van der Waals surface area contributed by atoms with Gasteiger partial charge in [-0.2, -0.15) is 0 Å². The number of carbonyl (C=O) groups is 1. The van der Waals surface area contributed by atoms with Gasteiger partial charge in [0.25, 0.3) is 5.91 Å². The van der Waals surface area contributed by atoms with Crippen LogP contribution in [0.3, 0.4) is 0 Å². The van der Waals surface area contributed by atoms with E-state index in [1.807, 2.05) is 4.90 Å². The summed E-state index contributed by atoms with van der Waals surface area (Å²) in [5, 5.41) is 0. The number of halogens is 2. The quantitative estimate of drug-likeness (QED) is 0.832. The summed E-state index contributed by atoms with van der Waals surface area (Å²) < 4.78 is 13.5. The van der Waals surface area contributed by atoms with Crippen LogP contribution in [-0.4, -0.2) is 23.4 Å². The first-order valence-corrected chi connectivity index (χ1v) is 7.20. The Kier molecular flexibility index (Phi) is 3.14. The summed E-state index contributed by atoms with van der Waals surface area (Å²) in [6, 6.07) is 4.92. The van der Waals surface area contributed by atoms with Gasteiger partial charge in [-0.05, 0) is 65.7 Å². The van der Waals surface area contributed by atoms with Gasteiger partial charge < -0.3 is 4.90 Å². The van der Waals surface area contributed by atoms with Crippen molar-refractivity contribution in [2.45, 2.75) is 31.7 Å². The summed E-state index contributed by atoms with van der Waals surface area (Å²) in [5.74, 6) is 0.412. The van der Waals surface area contributed by atoms with Gasteiger partial charge in [0.15, 0.2) is 0 Å². The Balaban J connectivity index is 1.79. The summed E-state index contributed by atoms with van der Waals surface area (Å²) in [6.45, 7) is 0.874. The van der Waals surface area contributed by atoms with Crippen LogP contribution in [-0.2, 0) is 0 Å². The van der Waals surface area contributed by atoms with Crippen LogP contribution < -0.4 is 0 Å². The van der Waals surface area contributed by atoms with Crippen LogP contribution >= 0.6 is 15.9 Å². The highest BCUT2D eigenvalue weighted by atomic mass is 79.9. The number of hydrogen-bond acceptors (Lipinski definition) is 1. The largest absolute Gasteiger partial charge is 0.335 e. The molecule has 96 valence electrons. The predicted molar refractivity (Wildman–Crippen MR) is 70.9 cm³/mol. The standard InChI is InChI=1S/C14H15BrFNO/c15-12-7-10(3-6-13(12)16)14(18)17(11-4-5-11)8-9-1-2-9/h3,6-7,9,11H,1-2,4-5,8H2. The zero-order chi connectivity index (χ0) is 12.7. The van der Waals surface area contributed by atoms with Gasteiger partial charge in [0, 0.05) is 18.2 Å². The van der Waals surface area contributed by atoms with E-state index in [1.54, 1.807) is 12.1 Å². The molecule has 2 fully saturated rings. The van der Waals surface area contributed by atoms with Crippen LogP contribution in [0, 0.1) is 11.7 Å². The minimum atomic E-state index is -0.327. The molecule has 0 atom stereocenters. The van der Waals surface area contributed by atoms with Crippen molar-refractivity contribution in [3.05, 3.63) is 34.1 Å². The lowest BCUT2D eigenvalue weighted by atomic mass is 10.2. The fourth-order valence-corrected chi connectivity index (χ4v) is 2.54. The molecule has 0 aliphatic heterocycles. The van der Waals surface area contributed by atoms with E-state index in [-0.39, 0.29) is 11.7 Å². The molecule has 2 nitrogen and oxygen atoms in total. The number of amides is 1. The van der Waals surface area contributed by atoms with Gasteiger partial charge in [-0.1, -0.05) is 0 Å². The molecule has 1 amide bonds. The number of carbonyl (C=O) groups excluding carboxylic acids is 1. The Morgan fingerprint density at radius 3 is 2.61 bits per heavy atom. The van der Waals surface area contributed by atoms with E-state index in [2.05, 4.69) is 15.9 Å². The Morgan fingerprint density at radius 2 is 2.06 bits per heavy atom. The average molecular weight is 312 g/mol. The van der Waals surface area contributed by atoms with Gasteiger partial charge in [0.05, 0.1) is 4.47 Å². The molecular formula is C14H15BrFNO. The van der Waals surface area contributed by atoms with Crippen LogP contribution in [0.5, 0.6) is 0 Å². The zero-order valence-corrected chi connectivity index (χ0v) is 11.6. The molecule has 4 heteroatoms. The number of rotatable bonds is 4. The van der Waals surface area contributed by atoms with Crippen molar-refractivity contribution in [3.63, 3.8) is 0 Å². The van der Waals surface area contributed by atoms with Crippen molar-refractivity contribution in [2.75, 3.05) is 6.54 Å². The minimum Gasteiger partial charge on any atom is -0.335 e. The highest BCUT2D eigenvalue weighted by Gasteiger charge is 2.36. The minimum absolute atomic E-state index is 0.0464. The molecule has 2 aliphatic carbocycles. The molecule has 0 bridgehead atoms. The lowest BCUT2D eigenvalue weighted by Gasteiger charge is -2.22. The second-order valence-corrected chi connectivity index (χ2v) is 6.12. The summed E-state index contributed by atoms with van der Waals surface area (Å²) in [7, 11) is 0. The fourth-order valence-electron chi connectivity index (χ4n) is 2.16. The second-order valence-electron chi connectivity index (χ2n) is 5.26. The van der Waals surface area contributed by atoms with Crippen LogP contribution in [0.1, 0.15) is 36.0 Å². The molecule has 18 heavy (non-hydrogen) atoms. The molecule has 1 aromatic carbocycles. The van der Waals surface area contributed by atoms with E-state index in [1.165, 1.54) is 18.9 Å². The van der Waals surface area contributed by atoms with E-state index < -0.39 is 0 Å². The normalized spacial score (nSPS) is 18.8. The van der Waals surface area contributed by atoms with Crippen LogP contribution in [0.2, 0.25) is 0 Å². The Hall–Kier alpha value is -0.900. The van der Waals surface area contributed by atoms with Crippen molar-refractivity contribution >= 4 is 21.8 Å². The zero-order valence-electron chi connectivity index (χ0n) is 10.0. The van der Waals surface area contributed by atoms with Crippen molar-refractivity contribution in [3.8, 4) is 0 Å². The fraction of sp³-hybridized carbons (Fsp3) is 0.500. The lowest BCUT2D eigenvalue weighted by molar-refractivity contribution is 0.0734. The van der Waals surface area contributed by atoms with E-state index in [4.69, 9.17) is 0 Å². The first kappa shape index (κ1) is 12.2. The molecule has 0 radical (unpaired) electrons. The highest BCUT2D eigenvalue weighted by Crippen LogP contribution is 2.35. The SMILES string of the molecule is O=C(c1ccc(F)c(Br)c1)N(CC1CC1)C1CC1. The van der Waals surface area contributed by atoms with E-state index in [9.17, 15) is 9.18 Å². The molecular weight excluding hydrogens is 297 g/mol. The summed E-state index contributed by atoms with van der Waals surface area (Å²) in [6.07, 6.45) is 4.70. The maximum absolute atomic E-state index is 13.2. The number of nitrogens with zero attached hydrogens (tertiary/aromatic N) is 1. The maximum atomic E-state index is 13.2. The molecule has 1 aromatic rings. The topological polar surface area (TPSA) is 20.3 Å². The van der Waals surface area contributed by atoms with Crippen molar-refractivity contribution < 1.29 is 9.18 Å². The molecule has 0 aromatic heterocycles. The number of benzene rings is 1. The average Bonchev–Trinajstić information content (AvgIpc) is 3.22. The molecule has 0 saturated heterocycles. The lowest BCUT2D eigenvalue weighted by Crippen LogP contribution is -2.34. The molecule has 2 aliphatic rings. The molecule has 0 unspecified atom stereocenters. The van der Waals surface area contributed by atoms with Gasteiger partial charge in [-0.3, -0.25) is 4.79 Å². The third-order valence-electron chi connectivity index (χ3n) is 3.57. The Labute approximate surface area is 114 Å². The third-order valence-corrected chi connectivity index (χ3v) is 4.17. The predicted octanol–water partition coefficient (Wildman–Crippen LogP) is 3.60. The first-order valence-electron chi connectivity index (χ1n) is 6.41. The van der Waals surface area contributed by atoms with Crippen LogP contribution in [0.15, 0.2) is 22.7 Å². The molecule has 2 saturated carbocycles. The van der Waals surface area contributed by atoms with Crippen molar-refractivity contribution in [1.82, 2.24) is 4.90 Å². The summed E-state index contributed by atoms with van der Waals surface area (Å²) in [4.78, 5) is 14.4. The third kappa shape index (κ3) is 2.58. The van der Waals surface area contributed by atoms with Crippen LogP contribution in [0.4, 0.5) is 4.39 Å². The summed E-state index contributed by atoms with van der Waals surface area (Å²) >= 11 is 3.13. The van der Waals surface area contributed by atoms with Gasteiger partial charge >= 0.3 is 0 Å². The molecule has 0 spiro atoms. The van der Waals surface area contributed by atoms with Gasteiger partial charge in [0.1, 0.15) is 5.82 Å². The Bertz CT molecular complexity index is 483. The van der Waals surface area contributed by atoms with Crippen molar-refractivity contribution in [2.24, 2.45) is 5.92 Å². The summed E-state index contributed by atoms with van der Waals surface area (Å²) in [5.41, 5.74) is 0.579. The molecule has 0 heterocycles. The van der Waals surface area contributed by atoms with E-state index in [0.717, 1.165) is 19.4 Å². The first-order chi connectivity index (χ1) is 8.65. The van der Waals surface area contributed by atoms with E-state index in [0.29, 0.717) is 22.0 Å². The maximum Gasteiger partial charge on any atom is 0.254 e. The van der Waals surface area contributed by atoms with Gasteiger partial charge in [-0.15, -0.1) is 0 Å². The Morgan fingerprint density at radius 1 is 1.33 bits per heavy atom. The molecule has 0 N–H and O–H groups in total. The van der Waals surface area contributed by atoms with E-state index >= 15 is 0 Å². The van der Waals surface area contributed by atoms with Crippen LogP contribution in [0.25, 0.3) is 0 Å². The highest BCUT2D eigenvalue weighted by molar-refractivity contribution is 9.10. The van der Waals surface area contributed by atoms with Gasteiger partial charge in [0.2, 0.25) is 0 Å². The molecule has 3 rings (SSSR count). The smallest absolute Gasteiger partial charge is 0.254 e. The monoisotopic (exact) mass is 311 g/mol. The van der Waals surface area contributed by atoms with Gasteiger partial charge in [-0.25, -0.2) is 4.39 Å². The van der Waals surface area contributed by atoms with Crippen molar-refractivity contribution in [1.29, 1.82) is 0 Å².